The summed E-state index contributed by atoms with van der Waals surface area (Å²) in [5.74, 6) is -13.5. The number of hydrogen-bond donors (Lipinski definition) is 14. The number of methoxy groups -OCH3 is 2. The Hall–Kier alpha value is -9.90. The fourth-order valence-corrected chi connectivity index (χ4v) is 22.1. The number of alkyl carbamates (subject to hydrolysis) is 1. The van der Waals surface area contributed by atoms with Crippen LogP contribution in [-0.2, 0) is 97.4 Å². The summed E-state index contributed by atoms with van der Waals surface area (Å²) in [6.07, 6.45) is 5.09. The summed E-state index contributed by atoms with van der Waals surface area (Å²) in [5.41, 5.74) is 11.7. The van der Waals surface area contributed by atoms with E-state index < -0.39 is 197 Å². The Kier molecular flexibility index (Phi) is 38.1. The van der Waals surface area contributed by atoms with Gasteiger partial charge in [-0.2, -0.15) is 0 Å². The average Bonchev–Trinajstić information content (AvgIpc) is 1.49. The summed E-state index contributed by atoms with van der Waals surface area (Å²) >= 11 is 6.97. The third-order valence-electron chi connectivity index (χ3n) is 25.0. The molecule has 6 aliphatic rings. The van der Waals surface area contributed by atoms with E-state index in [0.29, 0.717) is 41.6 Å². The molecule has 34 nitrogen and oxygen atoms in total. The molecule has 10 rings (SSSR count). The van der Waals surface area contributed by atoms with Crippen molar-refractivity contribution in [3.8, 4) is 11.5 Å². The van der Waals surface area contributed by atoms with Crippen molar-refractivity contribution in [1.82, 2.24) is 52.8 Å². The van der Waals surface area contributed by atoms with Crippen LogP contribution in [0.4, 0.5) is 15.3 Å². The summed E-state index contributed by atoms with van der Waals surface area (Å²) in [6, 6.07) is 13.5. The molecule has 4 aliphatic heterocycles. The standard InChI is InChI=1S/C93H124ClN13O21S4/c1-11-12-13-14-21-38-97-89(121)98-39-22-20-29-65-84(116)104-77(55(5)108)87(119)103-69(51-132-131-49-67(101-83(115)64(95)43-56-25-16-15-17-26-56)71(110)47-61(42-57-31-35-62(109)36-32-57)82(114)100-66(85(117)99-65)46-60-34-33-59-27-18-19-28-63(59)60)86(118)102-68(81(96)113)50-130-129-40-37-74(111)106(7)54(4)88(120)128-92-48-75(112)107(8)70-44-58(45-72(124-9)76(70)94)41-52(2)24-23-30-73(125-10)93(123)79(92)78(126-90(122)105-93)53(3)80-91(92,6)127-80/h15-19,23-28,30-32,34-36,44-45,53-55,61,64-69,73,77-80,108-109,123H,11-14,20-22,29,33,37-43,46-51,95H2,1-10H3,(H2,96,113)(H,99,117)(H,100,114)(H,101,115)(H,102,118)(H,103,119)(H,104,116)(H,105,122)(H2,97,98,121)/b30-23+,52-24+/t53-,54+,55-,61-,64-,65+,66-,67+,68+,69+,73-,77+,78-,79?,80+,91-,92-,93-/m1/s1. The number of esters is 1. The predicted octanol–water partition coefficient (Wildman–Crippen LogP) is 6.63. The fourth-order valence-electron chi connectivity index (χ4n) is 17.3. The lowest BCUT2D eigenvalue weighted by atomic mass is 9.57. The number of primary amides is 1. The van der Waals surface area contributed by atoms with Crippen molar-refractivity contribution in [1.29, 1.82) is 0 Å². The minimum Gasteiger partial charge on any atom is -0.508 e. The maximum absolute atomic E-state index is 15.3. The van der Waals surface area contributed by atoms with Gasteiger partial charge < -0.3 is 103 Å². The normalized spacial score (nSPS) is 26.9. The molecule has 4 aromatic rings. The average molecular weight is 1920 g/mol. The number of nitrogens with two attached hydrogens (primary N) is 2. The lowest BCUT2D eigenvalue weighted by Crippen LogP contribution is -2.79. The van der Waals surface area contributed by atoms with Gasteiger partial charge in [-0.15, -0.1) is 0 Å². The van der Waals surface area contributed by atoms with Crippen molar-refractivity contribution in [2.75, 3.05) is 69.3 Å². The molecule has 39 heteroatoms. The van der Waals surface area contributed by atoms with Gasteiger partial charge in [-0.1, -0.05) is 191 Å². The molecule has 0 radical (unpaired) electrons. The molecule has 718 valence electrons. The van der Waals surface area contributed by atoms with E-state index in [-0.39, 0.29) is 96.7 Å². The number of nitrogens with zero attached hydrogens (tertiary/aromatic N) is 2. The number of hydrogen-bond acceptors (Lipinski definition) is 26. The second kappa shape index (κ2) is 48.3. The first-order valence-corrected chi connectivity index (χ1v) is 49.8. The van der Waals surface area contributed by atoms with Crippen LogP contribution >= 0.6 is 54.8 Å². The van der Waals surface area contributed by atoms with Crippen molar-refractivity contribution in [3.05, 3.63) is 154 Å². The number of benzene rings is 4. The summed E-state index contributed by atoms with van der Waals surface area (Å²) in [4.78, 5) is 193. The van der Waals surface area contributed by atoms with Crippen LogP contribution in [0.5, 0.6) is 11.5 Å². The zero-order valence-electron chi connectivity index (χ0n) is 75.9. The highest BCUT2D eigenvalue weighted by molar-refractivity contribution is 8.77. The maximum atomic E-state index is 15.3. The van der Waals surface area contributed by atoms with Gasteiger partial charge in [0, 0.05) is 88.4 Å². The highest BCUT2D eigenvalue weighted by Crippen LogP contribution is 2.65. The van der Waals surface area contributed by atoms with E-state index in [9.17, 15) is 48.9 Å². The molecule has 132 heavy (non-hydrogen) atoms. The minimum atomic E-state index is -2.49. The van der Waals surface area contributed by atoms with Crippen LogP contribution in [0.2, 0.25) is 5.02 Å². The Morgan fingerprint density at radius 3 is 2.20 bits per heavy atom. The number of halogens is 1. The van der Waals surface area contributed by atoms with E-state index in [0.717, 1.165) is 96.9 Å². The maximum Gasteiger partial charge on any atom is 0.409 e. The predicted molar refractivity (Wildman–Crippen MR) is 505 cm³/mol. The molecule has 2 bridgehead atoms. The van der Waals surface area contributed by atoms with Crippen LogP contribution in [0.1, 0.15) is 146 Å². The molecule has 2 aliphatic carbocycles. The lowest BCUT2D eigenvalue weighted by molar-refractivity contribution is -0.265. The Labute approximate surface area is 789 Å². The van der Waals surface area contributed by atoms with Gasteiger partial charge in [0.25, 0.3) is 0 Å². The third kappa shape index (κ3) is 26.8. The van der Waals surface area contributed by atoms with Crippen molar-refractivity contribution in [2.45, 2.75) is 234 Å². The number of urea groups is 1. The number of epoxide rings is 1. The molecule has 4 fully saturated rings. The van der Waals surface area contributed by atoms with Crippen LogP contribution in [0.25, 0.3) is 5.57 Å². The Morgan fingerprint density at radius 2 is 1.51 bits per heavy atom. The van der Waals surface area contributed by atoms with Crippen LogP contribution in [-0.4, -0.2) is 251 Å². The second-order valence-corrected chi connectivity index (χ2v) is 40.1. The number of carbonyl (C=O) groups excluding carboxylic acids is 13. The van der Waals surface area contributed by atoms with Crippen LogP contribution < -0.4 is 69.0 Å². The number of ether oxygens (including phenoxy) is 5. The van der Waals surface area contributed by atoms with Crippen molar-refractivity contribution < 1.29 is 101 Å². The van der Waals surface area contributed by atoms with Gasteiger partial charge >= 0.3 is 18.1 Å². The number of ketones is 1. The van der Waals surface area contributed by atoms with Crippen molar-refractivity contribution >= 4 is 143 Å². The number of fused-ring (bicyclic) bond motifs is 5. The number of unbranched alkanes of at least 4 members (excludes halogenated alkanes) is 5. The number of aliphatic hydroxyl groups is 2. The summed E-state index contributed by atoms with van der Waals surface area (Å²) in [7, 11) is 9.61. The molecule has 1 unspecified atom stereocenters. The topological polar surface area (TPSA) is 499 Å². The van der Waals surface area contributed by atoms with E-state index in [1.165, 1.54) is 65.3 Å². The van der Waals surface area contributed by atoms with Crippen LogP contribution in [0, 0.1) is 17.8 Å². The molecular weight excluding hydrogens is 1800 g/mol. The second-order valence-electron chi connectivity index (χ2n) is 34.6. The number of anilines is 1. The molecule has 4 heterocycles. The van der Waals surface area contributed by atoms with E-state index in [4.69, 9.17) is 46.8 Å². The van der Waals surface area contributed by atoms with Gasteiger partial charge in [0.15, 0.2) is 17.1 Å². The number of amides is 12. The molecule has 3 saturated heterocycles. The fraction of sp³-hybridized carbons (Fsp3) is 0.538. The van der Waals surface area contributed by atoms with Crippen molar-refractivity contribution in [2.24, 2.45) is 29.2 Å². The number of carbonyl (C=O) groups is 13. The number of phenols is 1. The van der Waals surface area contributed by atoms with E-state index in [2.05, 4.69) is 54.8 Å². The largest absolute Gasteiger partial charge is 0.508 e. The monoisotopic (exact) mass is 1920 g/mol. The highest BCUT2D eigenvalue weighted by atomic mass is 35.5. The SMILES string of the molecule is CCCCCCCNC(=O)NCCCC[C@@H]1NC(=O)[C@@H](CC2=CCc3ccccc32)NC(=O)[C@H](Cc2ccc(O)cc2)CC(=O)[C@@H](NC(=O)[C@H](N)Cc2ccccc2)CSSC[C@@H](C(=O)N[C@@H](CSSCCC(=O)N(C)[C@@H](C)C(=O)O[C@]23CC(=O)N(C)c4cc(cc(OC)c4Cl)C/C(C)=C/C=C/[C@@H](OC)[C@]4(O)NC(=O)O[C@@H](C42)[C@@H](C)[C@@H]2O[C@]23C)C(N)=O)NC(=O)[C@H]([C@@H](C)O)NC1=O. The number of Topliss-reactive ketones (excluding diaryl/α,β-unsaturated/α-hetero) is 1. The number of aliphatic hydroxyl groups excluding tert-OH is 1. The Morgan fingerprint density at radius 1 is 0.826 bits per heavy atom. The lowest BCUT2D eigenvalue weighted by Gasteiger charge is -2.58. The number of allylic oxidation sites excluding steroid dienone is 4. The van der Waals surface area contributed by atoms with E-state index in [1.807, 2.05) is 37.3 Å². The molecule has 0 aromatic heterocycles. The van der Waals surface area contributed by atoms with Gasteiger partial charge in [-0.25, -0.2) is 14.4 Å². The Bertz CT molecular complexity index is 4900. The number of likely N-dealkylation sites (N-methyl/N-ethyl adjacent to an activating group) is 1. The molecule has 12 amide bonds. The number of nitrogens with one attached hydrogen (secondary N) is 9. The number of aromatic hydroxyl groups is 1. The molecule has 0 spiro atoms. The zero-order chi connectivity index (χ0) is 95.9. The van der Waals surface area contributed by atoms with E-state index >= 15 is 28.8 Å². The highest BCUT2D eigenvalue weighted by Gasteiger charge is 2.83. The van der Waals surface area contributed by atoms with Crippen LogP contribution in [0.15, 0.2) is 121 Å². The molecule has 16 N–H and O–H groups in total. The number of rotatable bonds is 34. The molecule has 18 atom stereocenters. The van der Waals surface area contributed by atoms with E-state index in [1.54, 1.807) is 80.6 Å². The van der Waals surface area contributed by atoms with Gasteiger partial charge in [0.2, 0.25) is 53.2 Å². The van der Waals surface area contributed by atoms with Gasteiger partial charge in [-0.05, 0) is 137 Å². The number of phenolic OH excluding ortho intramolecular Hbond substituents is 1. The molecular formula is C93H124ClN13O21S4. The first-order chi connectivity index (χ1) is 62.9. The first kappa shape index (κ1) is 104. The van der Waals surface area contributed by atoms with Gasteiger partial charge in [0.05, 0.1) is 49.4 Å². The smallest absolute Gasteiger partial charge is 0.409 e. The van der Waals surface area contributed by atoms with Crippen molar-refractivity contribution in [3.63, 3.8) is 0 Å². The zero-order valence-corrected chi connectivity index (χ0v) is 80.0. The molecule has 4 aromatic carbocycles. The summed E-state index contributed by atoms with van der Waals surface area (Å²) in [6.45, 7) is 10.6. The quantitative estimate of drug-likeness (QED) is 0.0101. The van der Waals surface area contributed by atoms with Gasteiger partial charge in [0.1, 0.15) is 70.6 Å². The molecule has 1 saturated carbocycles. The summed E-state index contributed by atoms with van der Waals surface area (Å²) in [5, 5.41) is 59.8. The Balaban J connectivity index is 0.882. The minimum absolute atomic E-state index is 0.0240. The third-order valence-corrected chi connectivity index (χ3v) is 30.2. The van der Waals surface area contributed by atoms with Gasteiger partial charge in [-0.3, -0.25) is 53.3 Å². The first-order valence-electron chi connectivity index (χ1n) is 44.5. The van der Waals surface area contributed by atoms with Crippen LogP contribution in [0.3, 0.4) is 0 Å². The summed E-state index contributed by atoms with van der Waals surface area (Å²) < 4.78 is 30.9.